The van der Waals surface area contributed by atoms with Crippen LogP contribution in [0.25, 0.3) is 11.1 Å². The Kier molecular flexibility index (Phi) is 6.72. The molecule has 4 rings (SSSR count). The highest BCUT2D eigenvalue weighted by Gasteiger charge is 2.30. The Labute approximate surface area is 195 Å². The molecule has 2 amide bonds. The highest BCUT2D eigenvalue weighted by atomic mass is 16.5. The number of aliphatic carboxylic acids is 1. The van der Waals surface area contributed by atoms with Gasteiger partial charge in [-0.05, 0) is 28.3 Å². The van der Waals surface area contributed by atoms with Crippen molar-refractivity contribution in [3.05, 3.63) is 78.0 Å². The van der Waals surface area contributed by atoms with Gasteiger partial charge in [0.1, 0.15) is 12.6 Å². The van der Waals surface area contributed by atoms with Crippen LogP contribution in [0.2, 0.25) is 0 Å². The van der Waals surface area contributed by atoms with Gasteiger partial charge in [0.15, 0.2) is 0 Å². The van der Waals surface area contributed by atoms with Gasteiger partial charge >= 0.3 is 12.1 Å². The number of nitrogens with one attached hydrogen (secondary N) is 2. The van der Waals surface area contributed by atoms with Crippen LogP contribution in [0.1, 0.15) is 23.5 Å². The SMILES string of the molecule is COc1cc(NC(=O)C(CC(=O)O)NC(=O)OCC2c3ccccc3-c3ccccc32)ccn1. The van der Waals surface area contributed by atoms with Crippen LogP contribution in [0.15, 0.2) is 66.9 Å². The number of ether oxygens (including phenoxy) is 2. The largest absolute Gasteiger partial charge is 0.481 e. The van der Waals surface area contributed by atoms with Gasteiger partial charge in [-0.25, -0.2) is 9.78 Å². The number of carbonyl (C=O) groups is 3. The van der Waals surface area contributed by atoms with E-state index in [2.05, 4.69) is 15.6 Å². The number of alkyl carbamates (subject to hydrolysis) is 1. The average Bonchev–Trinajstić information content (AvgIpc) is 3.16. The molecule has 1 aliphatic carbocycles. The number of methoxy groups -OCH3 is 1. The summed E-state index contributed by atoms with van der Waals surface area (Å²) in [6.45, 7) is 0.0445. The second kappa shape index (κ2) is 10.0. The molecule has 1 unspecified atom stereocenters. The summed E-state index contributed by atoms with van der Waals surface area (Å²) in [6, 6.07) is 17.5. The Morgan fingerprint density at radius 2 is 1.68 bits per heavy atom. The second-order valence-corrected chi connectivity index (χ2v) is 7.70. The number of pyridine rings is 1. The van der Waals surface area contributed by atoms with Gasteiger partial charge in [0.2, 0.25) is 11.8 Å². The topological polar surface area (TPSA) is 127 Å². The number of amides is 2. The molecule has 9 heteroatoms. The minimum absolute atomic E-state index is 0.0445. The number of rotatable bonds is 8. The van der Waals surface area contributed by atoms with Crippen LogP contribution in [0.4, 0.5) is 10.5 Å². The fourth-order valence-electron chi connectivity index (χ4n) is 3.99. The second-order valence-electron chi connectivity index (χ2n) is 7.70. The van der Waals surface area contributed by atoms with Crippen LogP contribution in [-0.4, -0.2) is 47.8 Å². The van der Waals surface area contributed by atoms with Crippen LogP contribution >= 0.6 is 0 Å². The molecular formula is C25H23N3O6. The third kappa shape index (κ3) is 4.98. The normalized spacial score (nSPS) is 12.7. The van der Waals surface area contributed by atoms with E-state index in [-0.39, 0.29) is 18.4 Å². The minimum atomic E-state index is -1.34. The van der Waals surface area contributed by atoms with E-state index in [9.17, 15) is 19.5 Å². The van der Waals surface area contributed by atoms with Gasteiger partial charge in [-0.1, -0.05) is 48.5 Å². The summed E-state index contributed by atoms with van der Waals surface area (Å²) in [7, 11) is 1.43. The molecule has 3 aromatic rings. The molecule has 1 aromatic heterocycles. The van der Waals surface area contributed by atoms with E-state index in [1.807, 2.05) is 48.5 Å². The molecule has 0 saturated carbocycles. The predicted octanol–water partition coefficient (Wildman–Crippen LogP) is 3.41. The van der Waals surface area contributed by atoms with Crippen LogP contribution in [0, 0.1) is 0 Å². The zero-order chi connectivity index (χ0) is 24.1. The van der Waals surface area contributed by atoms with Gasteiger partial charge in [0.05, 0.1) is 13.5 Å². The van der Waals surface area contributed by atoms with Crippen LogP contribution in [0.3, 0.4) is 0 Å². The molecule has 0 fully saturated rings. The molecule has 34 heavy (non-hydrogen) atoms. The quantitative estimate of drug-likeness (QED) is 0.469. The molecule has 1 aliphatic rings. The van der Waals surface area contributed by atoms with Crippen molar-refractivity contribution in [3.8, 4) is 17.0 Å². The molecule has 1 atom stereocenters. The Morgan fingerprint density at radius 3 is 2.29 bits per heavy atom. The Morgan fingerprint density at radius 1 is 1.03 bits per heavy atom. The first-order valence-corrected chi connectivity index (χ1v) is 10.6. The molecule has 0 saturated heterocycles. The van der Waals surface area contributed by atoms with E-state index in [0.717, 1.165) is 22.3 Å². The van der Waals surface area contributed by atoms with E-state index in [1.54, 1.807) is 0 Å². The number of carbonyl (C=O) groups excluding carboxylic acids is 2. The molecular weight excluding hydrogens is 438 g/mol. The first kappa shape index (κ1) is 22.8. The lowest BCUT2D eigenvalue weighted by atomic mass is 9.98. The maximum atomic E-state index is 12.7. The van der Waals surface area contributed by atoms with E-state index >= 15 is 0 Å². The van der Waals surface area contributed by atoms with Gasteiger partial charge < -0.3 is 25.2 Å². The Hall–Kier alpha value is -4.40. The molecule has 3 N–H and O–H groups in total. The molecule has 0 bridgehead atoms. The van der Waals surface area contributed by atoms with E-state index in [1.165, 1.54) is 25.4 Å². The highest BCUT2D eigenvalue weighted by molar-refractivity contribution is 5.98. The number of fused-ring (bicyclic) bond motifs is 3. The van der Waals surface area contributed by atoms with Crippen LogP contribution < -0.4 is 15.4 Å². The molecule has 0 spiro atoms. The van der Waals surface area contributed by atoms with E-state index in [4.69, 9.17) is 9.47 Å². The first-order valence-electron chi connectivity index (χ1n) is 10.6. The summed E-state index contributed by atoms with van der Waals surface area (Å²) in [6.07, 6.45) is -0.0618. The summed E-state index contributed by atoms with van der Waals surface area (Å²) in [4.78, 5) is 40.4. The van der Waals surface area contributed by atoms with Crippen molar-refractivity contribution in [2.45, 2.75) is 18.4 Å². The summed E-state index contributed by atoms with van der Waals surface area (Å²) in [5.41, 5.74) is 4.61. The van der Waals surface area contributed by atoms with Crippen molar-refractivity contribution in [2.75, 3.05) is 19.0 Å². The monoisotopic (exact) mass is 461 g/mol. The average molecular weight is 461 g/mol. The van der Waals surface area contributed by atoms with Crippen molar-refractivity contribution in [3.63, 3.8) is 0 Å². The van der Waals surface area contributed by atoms with Crippen LogP contribution in [-0.2, 0) is 14.3 Å². The molecule has 1 heterocycles. The molecule has 2 aromatic carbocycles. The first-order chi connectivity index (χ1) is 16.5. The lowest BCUT2D eigenvalue weighted by Gasteiger charge is -2.19. The van der Waals surface area contributed by atoms with Crippen LogP contribution in [0.5, 0.6) is 5.88 Å². The van der Waals surface area contributed by atoms with E-state index < -0.39 is 30.4 Å². The number of carboxylic acids is 1. The van der Waals surface area contributed by atoms with Gasteiger partial charge in [-0.15, -0.1) is 0 Å². The summed E-state index contributed by atoms with van der Waals surface area (Å²) < 4.78 is 10.4. The fourth-order valence-corrected chi connectivity index (χ4v) is 3.99. The Bertz CT molecular complexity index is 1180. The number of nitrogens with zero attached hydrogens (tertiary/aromatic N) is 1. The zero-order valence-corrected chi connectivity index (χ0v) is 18.4. The van der Waals surface area contributed by atoms with Crippen molar-refractivity contribution in [2.24, 2.45) is 0 Å². The summed E-state index contributed by atoms with van der Waals surface area (Å²) in [5.74, 6) is -1.83. The maximum Gasteiger partial charge on any atom is 0.407 e. The summed E-state index contributed by atoms with van der Waals surface area (Å²) in [5, 5.41) is 14.1. The third-order valence-corrected chi connectivity index (χ3v) is 5.54. The van der Waals surface area contributed by atoms with Crippen molar-refractivity contribution < 1.29 is 29.0 Å². The number of aromatic nitrogens is 1. The Balaban J connectivity index is 1.42. The number of carboxylic acid groups (broad SMARTS) is 1. The fraction of sp³-hybridized carbons (Fsp3) is 0.200. The zero-order valence-electron chi connectivity index (χ0n) is 18.4. The van der Waals surface area contributed by atoms with Gasteiger partial charge in [-0.3, -0.25) is 9.59 Å². The molecule has 9 nitrogen and oxygen atoms in total. The van der Waals surface area contributed by atoms with Crippen molar-refractivity contribution >= 4 is 23.7 Å². The number of hydrogen-bond donors (Lipinski definition) is 3. The third-order valence-electron chi connectivity index (χ3n) is 5.54. The smallest absolute Gasteiger partial charge is 0.407 e. The number of anilines is 1. The molecule has 0 radical (unpaired) electrons. The number of benzene rings is 2. The van der Waals surface area contributed by atoms with Crippen molar-refractivity contribution in [1.29, 1.82) is 0 Å². The van der Waals surface area contributed by atoms with Gasteiger partial charge in [0, 0.05) is 23.9 Å². The van der Waals surface area contributed by atoms with Gasteiger partial charge in [0.25, 0.3) is 0 Å². The predicted molar refractivity (Wildman–Crippen MR) is 124 cm³/mol. The maximum absolute atomic E-state index is 12.7. The number of hydrogen-bond acceptors (Lipinski definition) is 6. The van der Waals surface area contributed by atoms with E-state index in [0.29, 0.717) is 5.69 Å². The van der Waals surface area contributed by atoms with Gasteiger partial charge in [-0.2, -0.15) is 0 Å². The summed E-state index contributed by atoms with van der Waals surface area (Å²) >= 11 is 0. The lowest BCUT2D eigenvalue weighted by Crippen LogP contribution is -2.45. The minimum Gasteiger partial charge on any atom is -0.481 e. The lowest BCUT2D eigenvalue weighted by molar-refractivity contribution is -0.139. The highest BCUT2D eigenvalue weighted by Crippen LogP contribution is 2.44. The van der Waals surface area contributed by atoms with Crippen molar-refractivity contribution in [1.82, 2.24) is 10.3 Å². The molecule has 174 valence electrons. The standard InChI is InChI=1S/C25H23N3O6/c1-33-22-12-15(10-11-26-22)27-24(31)21(13-23(29)30)28-25(32)34-14-20-18-8-4-2-6-16(18)17-7-3-5-9-19(17)20/h2-12,20-21H,13-14H2,1H3,(H,28,32)(H,29,30)(H,26,27,31). The molecule has 0 aliphatic heterocycles.